The second kappa shape index (κ2) is 6.96. The molecule has 0 heterocycles. The Kier molecular flexibility index (Phi) is 5.59. The second-order valence-electron chi connectivity index (χ2n) is 4.64. The fourth-order valence-electron chi connectivity index (χ4n) is 1.75. The van der Waals surface area contributed by atoms with Gasteiger partial charge in [0.15, 0.2) is 11.5 Å². The number of phenolic OH excluding ortho intramolecular Hbond substituents is 2. The van der Waals surface area contributed by atoms with Crippen LogP contribution in [0.15, 0.2) is 18.2 Å². The lowest BCUT2D eigenvalue weighted by Gasteiger charge is -2.15. The molecule has 106 valence electrons. The van der Waals surface area contributed by atoms with E-state index in [9.17, 15) is 15.0 Å². The molecule has 1 amide bonds. The number of phenols is 2. The Morgan fingerprint density at radius 3 is 2.63 bits per heavy atom. The predicted molar refractivity (Wildman–Crippen MR) is 72.7 cm³/mol. The fraction of sp³-hybridized carbons (Fsp3) is 0.462. The Morgan fingerprint density at radius 1 is 1.32 bits per heavy atom. The monoisotopic (exact) mass is 267 g/mol. The summed E-state index contributed by atoms with van der Waals surface area (Å²) in [5.74, 6) is -1.14. The molecule has 6 heteroatoms. The minimum absolute atomic E-state index is 0.0578. The molecule has 1 atom stereocenters. The van der Waals surface area contributed by atoms with Crippen LogP contribution in [0, 0.1) is 0 Å². The number of hydrogen-bond acceptors (Lipinski definition) is 5. The van der Waals surface area contributed by atoms with Gasteiger partial charge in [0.25, 0.3) is 5.91 Å². The number of amides is 1. The lowest BCUT2D eigenvalue weighted by Crippen LogP contribution is -2.34. The normalized spacial score (nSPS) is 12.4. The van der Waals surface area contributed by atoms with E-state index >= 15 is 0 Å². The van der Waals surface area contributed by atoms with Gasteiger partial charge < -0.3 is 27.0 Å². The Labute approximate surface area is 112 Å². The molecule has 1 aromatic rings. The molecule has 0 fully saturated rings. The highest BCUT2D eigenvalue weighted by molar-refractivity contribution is 5.97. The number of benzene rings is 1. The van der Waals surface area contributed by atoms with Crippen LogP contribution in [0.25, 0.3) is 0 Å². The van der Waals surface area contributed by atoms with Gasteiger partial charge in [-0.2, -0.15) is 0 Å². The van der Waals surface area contributed by atoms with Crippen molar-refractivity contribution in [3.63, 3.8) is 0 Å². The highest BCUT2D eigenvalue weighted by Crippen LogP contribution is 2.28. The van der Waals surface area contributed by atoms with Gasteiger partial charge in [0, 0.05) is 6.04 Å². The van der Waals surface area contributed by atoms with E-state index in [0.717, 1.165) is 12.8 Å². The Hall–Kier alpha value is -1.79. The van der Waals surface area contributed by atoms with E-state index in [1.54, 1.807) is 0 Å². The van der Waals surface area contributed by atoms with Crippen LogP contribution in [-0.4, -0.2) is 28.3 Å². The summed E-state index contributed by atoms with van der Waals surface area (Å²) in [6.45, 7) is 1.86. The lowest BCUT2D eigenvalue weighted by molar-refractivity contribution is 0.0934. The van der Waals surface area contributed by atoms with Gasteiger partial charge in [-0.25, -0.2) is 0 Å². The summed E-state index contributed by atoms with van der Waals surface area (Å²) >= 11 is 0. The van der Waals surface area contributed by atoms with Crippen LogP contribution in [0.4, 0.5) is 0 Å². The average Bonchev–Trinajstić information content (AvgIpc) is 2.31. The fourth-order valence-corrected chi connectivity index (χ4v) is 1.75. The highest BCUT2D eigenvalue weighted by Gasteiger charge is 2.15. The SMILES string of the molecule is CC(CCCC(N)N)NC(=O)c1cccc(O)c1O. The number of nitrogens with one attached hydrogen (secondary N) is 1. The quantitative estimate of drug-likeness (QED) is 0.382. The van der Waals surface area contributed by atoms with E-state index in [0.29, 0.717) is 6.42 Å². The van der Waals surface area contributed by atoms with Crippen molar-refractivity contribution in [1.29, 1.82) is 0 Å². The molecule has 1 aromatic carbocycles. The van der Waals surface area contributed by atoms with E-state index in [1.807, 2.05) is 6.92 Å². The maximum atomic E-state index is 11.9. The zero-order valence-corrected chi connectivity index (χ0v) is 11.0. The van der Waals surface area contributed by atoms with Crippen molar-refractivity contribution < 1.29 is 15.0 Å². The molecule has 0 radical (unpaired) electrons. The van der Waals surface area contributed by atoms with Crippen LogP contribution in [0.2, 0.25) is 0 Å². The summed E-state index contributed by atoms with van der Waals surface area (Å²) in [4.78, 5) is 11.9. The first-order valence-corrected chi connectivity index (χ1v) is 6.24. The van der Waals surface area contributed by atoms with Crippen molar-refractivity contribution >= 4 is 5.91 Å². The summed E-state index contributed by atoms with van der Waals surface area (Å²) in [5.41, 5.74) is 10.9. The molecule has 0 saturated carbocycles. The van der Waals surface area contributed by atoms with Crippen LogP contribution >= 0.6 is 0 Å². The number of nitrogens with two attached hydrogens (primary N) is 2. The molecule has 6 nitrogen and oxygen atoms in total. The van der Waals surface area contributed by atoms with Crippen molar-refractivity contribution in [2.24, 2.45) is 11.5 Å². The van der Waals surface area contributed by atoms with Crippen LogP contribution in [0.5, 0.6) is 11.5 Å². The first-order chi connectivity index (χ1) is 8.91. The van der Waals surface area contributed by atoms with Crippen molar-refractivity contribution in [2.45, 2.75) is 38.4 Å². The second-order valence-corrected chi connectivity index (χ2v) is 4.64. The van der Waals surface area contributed by atoms with E-state index in [2.05, 4.69) is 5.32 Å². The smallest absolute Gasteiger partial charge is 0.255 e. The molecule has 0 bridgehead atoms. The van der Waals surface area contributed by atoms with Gasteiger partial charge in [-0.15, -0.1) is 0 Å². The number of rotatable bonds is 6. The average molecular weight is 267 g/mol. The number of carbonyl (C=O) groups excluding carboxylic acids is 1. The summed E-state index contributed by atoms with van der Waals surface area (Å²) in [6, 6.07) is 4.21. The molecule has 0 saturated heterocycles. The molecule has 7 N–H and O–H groups in total. The third-order valence-electron chi connectivity index (χ3n) is 2.81. The van der Waals surface area contributed by atoms with Crippen LogP contribution < -0.4 is 16.8 Å². The third-order valence-corrected chi connectivity index (χ3v) is 2.81. The molecule has 0 aliphatic carbocycles. The summed E-state index contributed by atoms with van der Waals surface area (Å²) in [6.07, 6.45) is 1.91. The predicted octanol–water partition coefficient (Wildman–Crippen LogP) is 0.630. The molecule has 19 heavy (non-hydrogen) atoms. The molecule has 0 aromatic heterocycles. The zero-order valence-electron chi connectivity index (χ0n) is 11.0. The van der Waals surface area contributed by atoms with E-state index in [1.165, 1.54) is 18.2 Å². The lowest BCUT2D eigenvalue weighted by atomic mass is 10.1. The van der Waals surface area contributed by atoms with Gasteiger partial charge in [-0.3, -0.25) is 4.79 Å². The van der Waals surface area contributed by atoms with Crippen molar-refractivity contribution in [1.82, 2.24) is 5.32 Å². The first kappa shape index (κ1) is 15.3. The standard InChI is InChI=1S/C13H21N3O3/c1-8(4-2-7-11(14)15)16-13(19)9-5-3-6-10(17)12(9)18/h3,5-6,8,11,17-18H,2,4,7,14-15H2,1H3,(H,16,19). The van der Waals surface area contributed by atoms with E-state index in [4.69, 9.17) is 11.5 Å². The van der Waals surface area contributed by atoms with Crippen molar-refractivity contribution in [3.05, 3.63) is 23.8 Å². The number of aromatic hydroxyl groups is 2. The minimum atomic E-state index is -0.419. The van der Waals surface area contributed by atoms with Gasteiger partial charge in [0.2, 0.25) is 0 Å². The maximum absolute atomic E-state index is 11.9. The van der Waals surface area contributed by atoms with Gasteiger partial charge in [0.1, 0.15) is 0 Å². The van der Waals surface area contributed by atoms with E-state index in [-0.39, 0.29) is 23.5 Å². The van der Waals surface area contributed by atoms with Crippen LogP contribution in [0.3, 0.4) is 0 Å². The molecular formula is C13H21N3O3. The van der Waals surface area contributed by atoms with Crippen molar-refractivity contribution in [2.75, 3.05) is 0 Å². The topological polar surface area (TPSA) is 122 Å². The van der Waals surface area contributed by atoms with Crippen LogP contribution in [-0.2, 0) is 0 Å². The summed E-state index contributed by atoms with van der Waals surface area (Å²) < 4.78 is 0. The maximum Gasteiger partial charge on any atom is 0.255 e. The zero-order chi connectivity index (χ0) is 14.4. The summed E-state index contributed by atoms with van der Waals surface area (Å²) in [7, 11) is 0. The molecule has 1 unspecified atom stereocenters. The third kappa shape index (κ3) is 4.76. The van der Waals surface area contributed by atoms with E-state index < -0.39 is 11.7 Å². The Balaban J connectivity index is 2.52. The minimum Gasteiger partial charge on any atom is -0.504 e. The Bertz CT molecular complexity index is 435. The first-order valence-electron chi connectivity index (χ1n) is 6.24. The molecule has 0 aliphatic rings. The number of para-hydroxylation sites is 1. The molecule has 0 spiro atoms. The number of carbonyl (C=O) groups is 1. The van der Waals surface area contributed by atoms with Gasteiger partial charge in [0.05, 0.1) is 11.7 Å². The van der Waals surface area contributed by atoms with Crippen molar-refractivity contribution in [3.8, 4) is 11.5 Å². The largest absolute Gasteiger partial charge is 0.504 e. The van der Waals surface area contributed by atoms with Crippen LogP contribution in [0.1, 0.15) is 36.5 Å². The summed E-state index contributed by atoms with van der Waals surface area (Å²) in [5, 5.41) is 21.7. The van der Waals surface area contributed by atoms with Gasteiger partial charge >= 0.3 is 0 Å². The molecular weight excluding hydrogens is 246 g/mol. The van der Waals surface area contributed by atoms with Gasteiger partial charge in [-0.05, 0) is 38.3 Å². The van der Waals surface area contributed by atoms with Gasteiger partial charge in [-0.1, -0.05) is 6.07 Å². The molecule has 1 rings (SSSR count). The Morgan fingerprint density at radius 2 is 2.00 bits per heavy atom. The molecule has 0 aliphatic heterocycles. The highest BCUT2D eigenvalue weighted by atomic mass is 16.3. The number of hydrogen-bond donors (Lipinski definition) is 5.